The van der Waals surface area contributed by atoms with E-state index >= 15 is 0 Å². The van der Waals surface area contributed by atoms with Crippen LogP contribution in [-0.4, -0.2) is 96.8 Å². The van der Waals surface area contributed by atoms with Gasteiger partial charge in [-0.3, -0.25) is 13.8 Å². The molecule has 8 N–H and O–H groups in total. The average Bonchev–Trinajstić information content (AvgIpc) is 3.33. The number of phosphoric acid groups is 1. The molecule has 0 radical (unpaired) electrons. The molecule has 1 saturated carbocycles. The third-order valence-electron chi connectivity index (χ3n) is 14.7. The summed E-state index contributed by atoms with van der Waals surface area (Å²) in [5, 5.41) is 64.5. The van der Waals surface area contributed by atoms with Gasteiger partial charge in [-0.25, -0.2) is 4.57 Å². The molecule has 0 aliphatic heterocycles. The highest BCUT2D eigenvalue weighted by atomic mass is 31.2. The molecule has 0 aromatic heterocycles. The van der Waals surface area contributed by atoms with E-state index in [1.165, 1.54) is 218 Å². The van der Waals surface area contributed by atoms with Crippen LogP contribution in [0.2, 0.25) is 0 Å². The quantitative estimate of drug-likeness (QED) is 0.0213. The van der Waals surface area contributed by atoms with Gasteiger partial charge in [0.2, 0.25) is 5.91 Å². The zero-order valence-corrected chi connectivity index (χ0v) is 45.5. The SMILES string of the molecule is CCCCCCCCCCCCCCCCCCCCCCCCCCCC(=O)N[C@@H](COP(=O)(O)OC1C(O)C(O)C(O)[C@@H](O)C1O)[C@H](O)CCCCCCCCCCCCCCCCCCC. The van der Waals surface area contributed by atoms with Crippen molar-refractivity contribution in [1.82, 2.24) is 5.32 Å². The Labute approximate surface area is 423 Å². The number of hydrogen-bond donors (Lipinski definition) is 8. The Hall–Kier alpha value is -0.660. The number of phosphoric ester groups is 1. The second kappa shape index (κ2) is 45.9. The van der Waals surface area contributed by atoms with Crippen molar-refractivity contribution < 1.29 is 53.9 Å². The molecule has 0 heterocycles. The van der Waals surface area contributed by atoms with Crippen LogP contribution in [0.1, 0.15) is 296 Å². The predicted octanol–water partition coefficient (Wildman–Crippen LogP) is 13.4. The molecule has 0 spiro atoms. The number of hydrogen-bond acceptors (Lipinski definition) is 10. The van der Waals surface area contributed by atoms with E-state index < -0.39 is 63.2 Å². The first-order valence-electron chi connectivity index (χ1n) is 29.5. The predicted molar refractivity (Wildman–Crippen MR) is 283 cm³/mol. The lowest BCUT2D eigenvalue weighted by Crippen LogP contribution is -2.64. The summed E-state index contributed by atoms with van der Waals surface area (Å²) < 4.78 is 23.1. The van der Waals surface area contributed by atoms with E-state index in [2.05, 4.69) is 19.2 Å². The van der Waals surface area contributed by atoms with E-state index in [1.807, 2.05) is 0 Å². The van der Waals surface area contributed by atoms with Crippen LogP contribution in [0.5, 0.6) is 0 Å². The summed E-state index contributed by atoms with van der Waals surface area (Å²) in [7, 11) is -5.06. The number of carbonyl (C=O) groups excluding carboxylic acids is 1. The van der Waals surface area contributed by atoms with Crippen molar-refractivity contribution in [3.63, 3.8) is 0 Å². The zero-order chi connectivity index (χ0) is 50.6. The molecule has 0 saturated heterocycles. The first-order valence-corrected chi connectivity index (χ1v) is 31.0. The molecule has 0 bridgehead atoms. The Morgan fingerprint density at radius 2 is 0.696 bits per heavy atom. The normalized spacial score (nSPS) is 21.3. The van der Waals surface area contributed by atoms with Crippen LogP contribution < -0.4 is 5.32 Å². The van der Waals surface area contributed by atoms with E-state index in [9.17, 15) is 44.9 Å². The van der Waals surface area contributed by atoms with Crippen LogP contribution in [0.15, 0.2) is 0 Å². The fraction of sp³-hybridized carbons (Fsp3) is 0.982. The molecule has 6 unspecified atom stereocenters. The molecule has 12 nitrogen and oxygen atoms in total. The monoisotopic (exact) mass is 1010 g/mol. The lowest BCUT2D eigenvalue weighted by atomic mass is 9.85. The summed E-state index contributed by atoms with van der Waals surface area (Å²) in [5.74, 6) is -0.300. The van der Waals surface area contributed by atoms with Gasteiger partial charge in [-0.15, -0.1) is 0 Å². The molecule has 1 fully saturated rings. The minimum absolute atomic E-state index is 0.244. The van der Waals surface area contributed by atoms with Gasteiger partial charge < -0.3 is 40.8 Å². The Bertz CT molecular complexity index is 1170. The van der Waals surface area contributed by atoms with Crippen molar-refractivity contribution >= 4 is 13.7 Å². The molecule has 9 atom stereocenters. The van der Waals surface area contributed by atoms with Crippen molar-refractivity contribution in [2.24, 2.45) is 0 Å². The van der Waals surface area contributed by atoms with E-state index in [1.54, 1.807) is 0 Å². The molecule has 412 valence electrons. The molecule has 69 heavy (non-hydrogen) atoms. The highest BCUT2D eigenvalue weighted by molar-refractivity contribution is 7.47. The summed E-state index contributed by atoms with van der Waals surface area (Å²) in [4.78, 5) is 23.6. The van der Waals surface area contributed by atoms with Crippen molar-refractivity contribution in [3.8, 4) is 0 Å². The second-order valence-corrected chi connectivity index (χ2v) is 22.6. The van der Waals surface area contributed by atoms with Gasteiger partial charge in [-0.05, 0) is 12.8 Å². The Morgan fingerprint density at radius 3 is 1.00 bits per heavy atom. The third kappa shape index (κ3) is 36.8. The van der Waals surface area contributed by atoms with Gasteiger partial charge in [0.25, 0.3) is 0 Å². The second-order valence-electron chi connectivity index (χ2n) is 21.2. The zero-order valence-electron chi connectivity index (χ0n) is 44.6. The molecule has 1 amide bonds. The lowest BCUT2D eigenvalue weighted by molar-refractivity contribution is -0.220. The summed E-state index contributed by atoms with van der Waals surface area (Å²) in [6.07, 6.45) is 41.4. The van der Waals surface area contributed by atoms with Crippen LogP contribution in [0.25, 0.3) is 0 Å². The largest absolute Gasteiger partial charge is 0.472 e. The van der Waals surface area contributed by atoms with E-state index in [0.717, 1.165) is 38.5 Å². The minimum Gasteiger partial charge on any atom is -0.391 e. The summed E-state index contributed by atoms with van der Waals surface area (Å²) >= 11 is 0. The minimum atomic E-state index is -5.06. The van der Waals surface area contributed by atoms with E-state index in [0.29, 0.717) is 19.3 Å². The standard InChI is InChI=1S/C56H112NO11P/c1-3-5-7-9-11-13-15-17-19-21-22-23-24-25-26-27-28-30-32-34-36-38-40-42-44-46-50(59)57-48(47-67-69(65,66)68-56-54(63)52(61)51(60)53(62)55(56)64)49(58)45-43-41-39-37-35-33-31-29-20-18-16-14-12-10-8-6-4-2/h48-49,51-56,58,60-64H,3-47H2,1-2H3,(H,57,59)(H,65,66)/t48-,49+,51?,52+,53?,54?,55?,56?/m0/s1. The number of rotatable bonds is 51. The van der Waals surface area contributed by atoms with Crippen LogP contribution in [0, 0.1) is 0 Å². The average molecular weight is 1010 g/mol. The van der Waals surface area contributed by atoms with E-state index in [-0.39, 0.29) is 12.3 Å². The number of unbranched alkanes of at least 4 members (excludes halogenated alkanes) is 40. The smallest absolute Gasteiger partial charge is 0.391 e. The van der Waals surface area contributed by atoms with E-state index in [4.69, 9.17) is 9.05 Å². The first-order chi connectivity index (χ1) is 33.4. The number of nitrogens with one attached hydrogen (secondary N) is 1. The Balaban J connectivity index is 2.29. The van der Waals surface area contributed by atoms with Crippen LogP contribution in [0.4, 0.5) is 0 Å². The fourth-order valence-corrected chi connectivity index (χ4v) is 10.9. The summed E-state index contributed by atoms with van der Waals surface area (Å²) in [6.45, 7) is 3.95. The first kappa shape index (κ1) is 66.4. The molecular formula is C56H112NO11P. The summed E-state index contributed by atoms with van der Waals surface area (Å²) in [6, 6.07) is -1.03. The van der Waals surface area contributed by atoms with Crippen molar-refractivity contribution in [2.75, 3.05) is 6.61 Å². The van der Waals surface area contributed by atoms with Gasteiger partial charge in [-0.2, -0.15) is 0 Å². The van der Waals surface area contributed by atoms with Gasteiger partial charge >= 0.3 is 7.82 Å². The highest BCUT2D eigenvalue weighted by Gasteiger charge is 2.51. The number of carbonyl (C=O) groups is 1. The maximum absolute atomic E-state index is 13.1. The van der Waals surface area contributed by atoms with Crippen molar-refractivity contribution in [3.05, 3.63) is 0 Å². The Morgan fingerprint density at radius 1 is 0.435 bits per heavy atom. The molecule has 0 aromatic carbocycles. The molecule has 0 aromatic rings. The molecule has 1 aliphatic carbocycles. The molecule has 1 rings (SSSR count). The van der Waals surface area contributed by atoms with Gasteiger partial charge in [0.05, 0.1) is 18.8 Å². The van der Waals surface area contributed by atoms with Gasteiger partial charge in [-0.1, -0.05) is 277 Å². The number of aliphatic hydroxyl groups excluding tert-OH is 6. The van der Waals surface area contributed by atoms with Crippen LogP contribution in [0.3, 0.4) is 0 Å². The maximum atomic E-state index is 13.1. The molecular weight excluding hydrogens is 894 g/mol. The lowest BCUT2D eigenvalue weighted by Gasteiger charge is -2.41. The highest BCUT2D eigenvalue weighted by Crippen LogP contribution is 2.47. The van der Waals surface area contributed by atoms with Crippen molar-refractivity contribution in [2.45, 2.75) is 345 Å². The Kier molecular flexibility index (Phi) is 44.2. The summed E-state index contributed by atoms with van der Waals surface area (Å²) in [5.41, 5.74) is 0. The van der Waals surface area contributed by atoms with Gasteiger partial charge in [0.1, 0.15) is 36.6 Å². The van der Waals surface area contributed by atoms with Gasteiger partial charge in [0.15, 0.2) is 0 Å². The molecule has 1 aliphatic rings. The number of aliphatic hydroxyl groups is 6. The fourth-order valence-electron chi connectivity index (χ4n) is 9.91. The van der Waals surface area contributed by atoms with Crippen LogP contribution in [-0.2, 0) is 18.4 Å². The van der Waals surface area contributed by atoms with Crippen molar-refractivity contribution in [1.29, 1.82) is 0 Å². The molecule has 13 heteroatoms. The maximum Gasteiger partial charge on any atom is 0.472 e. The topological polar surface area (TPSA) is 206 Å². The third-order valence-corrected chi connectivity index (χ3v) is 15.7. The van der Waals surface area contributed by atoms with Crippen LogP contribution >= 0.6 is 7.82 Å². The van der Waals surface area contributed by atoms with Gasteiger partial charge in [0, 0.05) is 6.42 Å². The number of amides is 1.